The fourth-order valence-corrected chi connectivity index (χ4v) is 4.14. The molecule has 212 valence electrons. The van der Waals surface area contributed by atoms with Crippen LogP contribution in [0.3, 0.4) is 0 Å². The van der Waals surface area contributed by atoms with Crippen molar-refractivity contribution in [3.05, 3.63) is 83.5 Å². The lowest BCUT2D eigenvalue weighted by Crippen LogP contribution is -2.12. The SMILES string of the molecule is C=C(COC)C(=O)OCCCc1ccc(-c2ccc(CCCOC(=O)C(=C)COC)cc2CCC(C)C)cc1. The first-order valence-electron chi connectivity index (χ1n) is 13.6. The zero-order valence-corrected chi connectivity index (χ0v) is 24.1. The number of benzene rings is 2. The molecule has 6 nitrogen and oxygen atoms in total. The molecule has 0 fully saturated rings. The van der Waals surface area contributed by atoms with Crippen molar-refractivity contribution >= 4 is 11.9 Å². The maximum atomic E-state index is 11.9. The van der Waals surface area contributed by atoms with E-state index in [1.807, 2.05) is 0 Å². The average Bonchev–Trinajstić information content (AvgIpc) is 2.92. The van der Waals surface area contributed by atoms with Crippen molar-refractivity contribution < 1.29 is 28.5 Å². The standard InChI is InChI=1S/C33H44O6/c1-24(2)11-15-30-21-28(10-8-20-39-33(35)26(4)23-37-6)14-18-31(30)29-16-12-27(13-17-29)9-7-19-38-32(34)25(3)22-36-5/h12-14,16-18,21,24H,3-4,7-11,15,19-20,22-23H2,1-2,5-6H3. The quantitative estimate of drug-likeness (QED) is 0.127. The van der Waals surface area contributed by atoms with Crippen molar-refractivity contribution in [2.75, 3.05) is 40.6 Å². The summed E-state index contributed by atoms with van der Waals surface area (Å²) in [6, 6.07) is 15.3. The minimum atomic E-state index is -0.404. The van der Waals surface area contributed by atoms with Crippen LogP contribution in [-0.2, 0) is 47.8 Å². The Morgan fingerprint density at radius 2 is 1.26 bits per heavy atom. The minimum Gasteiger partial charge on any atom is -0.462 e. The predicted octanol–water partition coefficient (Wildman–Crippen LogP) is 6.30. The Balaban J connectivity index is 1.97. The van der Waals surface area contributed by atoms with Crippen LogP contribution in [0.1, 0.15) is 49.8 Å². The molecule has 0 saturated heterocycles. The molecular formula is C33H44O6. The van der Waals surface area contributed by atoms with Gasteiger partial charge in [0.25, 0.3) is 0 Å². The molecule has 0 heterocycles. The molecule has 0 unspecified atom stereocenters. The molecule has 0 amide bonds. The lowest BCUT2D eigenvalue weighted by atomic mass is 9.91. The summed E-state index contributed by atoms with van der Waals surface area (Å²) in [7, 11) is 3.05. The molecule has 2 aromatic rings. The summed E-state index contributed by atoms with van der Waals surface area (Å²) in [5.74, 6) is -0.190. The summed E-state index contributed by atoms with van der Waals surface area (Å²) in [5, 5.41) is 0. The van der Waals surface area contributed by atoms with E-state index in [0.29, 0.717) is 30.3 Å². The molecule has 0 spiro atoms. The van der Waals surface area contributed by atoms with Gasteiger partial charge in [-0.15, -0.1) is 0 Å². The zero-order chi connectivity index (χ0) is 28.6. The summed E-state index contributed by atoms with van der Waals surface area (Å²) in [4.78, 5) is 23.7. The van der Waals surface area contributed by atoms with E-state index in [0.717, 1.165) is 38.5 Å². The number of methoxy groups -OCH3 is 2. The van der Waals surface area contributed by atoms with E-state index in [2.05, 4.69) is 69.5 Å². The molecule has 0 saturated carbocycles. The molecule has 0 radical (unpaired) electrons. The number of ether oxygens (including phenoxy) is 4. The molecule has 0 aliphatic heterocycles. The number of carbonyl (C=O) groups excluding carboxylic acids is 2. The molecule has 0 aliphatic rings. The molecule has 0 bridgehead atoms. The van der Waals surface area contributed by atoms with Crippen molar-refractivity contribution in [1.82, 2.24) is 0 Å². The number of rotatable bonds is 18. The fraction of sp³-hybridized carbons (Fsp3) is 0.455. The van der Waals surface area contributed by atoms with Crippen LogP contribution in [0.2, 0.25) is 0 Å². The summed E-state index contributed by atoms with van der Waals surface area (Å²) < 4.78 is 20.4. The third kappa shape index (κ3) is 11.6. The monoisotopic (exact) mass is 536 g/mol. The van der Waals surface area contributed by atoms with Gasteiger partial charge in [0, 0.05) is 14.2 Å². The minimum absolute atomic E-state index is 0.182. The first kappa shape index (κ1) is 32.0. The normalized spacial score (nSPS) is 10.9. The van der Waals surface area contributed by atoms with Crippen LogP contribution >= 0.6 is 0 Å². The van der Waals surface area contributed by atoms with Crippen molar-refractivity contribution in [3.63, 3.8) is 0 Å². The highest BCUT2D eigenvalue weighted by atomic mass is 16.5. The summed E-state index contributed by atoms with van der Waals surface area (Å²) in [6.45, 7) is 12.9. The number of carbonyl (C=O) groups is 2. The van der Waals surface area contributed by atoms with Gasteiger partial charge in [-0.2, -0.15) is 0 Å². The Hall–Kier alpha value is -3.22. The Morgan fingerprint density at radius 3 is 1.77 bits per heavy atom. The van der Waals surface area contributed by atoms with E-state index in [1.165, 1.54) is 42.0 Å². The van der Waals surface area contributed by atoms with Crippen LogP contribution in [0, 0.1) is 5.92 Å². The average molecular weight is 537 g/mol. The Labute approximate surface area is 234 Å². The second-order valence-electron chi connectivity index (χ2n) is 10.2. The molecule has 0 aromatic heterocycles. The van der Waals surface area contributed by atoms with Gasteiger partial charge in [0.1, 0.15) is 0 Å². The van der Waals surface area contributed by atoms with Crippen LogP contribution in [0.5, 0.6) is 0 Å². The van der Waals surface area contributed by atoms with Gasteiger partial charge in [0.05, 0.1) is 37.6 Å². The van der Waals surface area contributed by atoms with Crippen LogP contribution in [0.15, 0.2) is 66.8 Å². The number of esters is 2. The van der Waals surface area contributed by atoms with E-state index in [1.54, 1.807) is 0 Å². The van der Waals surface area contributed by atoms with Crippen molar-refractivity contribution in [1.29, 1.82) is 0 Å². The van der Waals surface area contributed by atoms with E-state index >= 15 is 0 Å². The van der Waals surface area contributed by atoms with Gasteiger partial charge in [-0.1, -0.05) is 69.5 Å². The highest BCUT2D eigenvalue weighted by Gasteiger charge is 2.11. The lowest BCUT2D eigenvalue weighted by Gasteiger charge is -2.14. The predicted molar refractivity (Wildman–Crippen MR) is 156 cm³/mol. The number of aryl methyl sites for hydroxylation is 3. The van der Waals surface area contributed by atoms with Gasteiger partial charge in [-0.25, -0.2) is 9.59 Å². The van der Waals surface area contributed by atoms with Gasteiger partial charge >= 0.3 is 11.9 Å². The molecule has 0 N–H and O–H groups in total. The number of hydrogen-bond acceptors (Lipinski definition) is 6. The van der Waals surface area contributed by atoms with Gasteiger partial charge in [0.2, 0.25) is 0 Å². The summed E-state index contributed by atoms with van der Waals surface area (Å²) in [5.41, 5.74) is 6.88. The van der Waals surface area contributed by atoms with E-state index in [-0.39, 0.29) is 13.2 Å². The first-order valence-corrected chi connectivity index (χ1v) is 13.6. The Kier molecular flexibility index (Phi) is 14.3. The molecule has 2 aromatic carbocycles. The highest BCUT2D eigenvalue weighted by Crippen LogP contribution is 2.28. The van der Waals surface area contributed by atoms with Crippen LogP contribution in [-0.4, -0.2) is 52.6 Å². The summed E-state index contributed by atoms with van der Waals surface area (Å²) in [6.07, 6.45) is 5.28. The molecule has 0 atom stereocenters. The lowest BCUT2D eigenvalue weighted by molar-refractivity contribution is -0.140. The molecular weight excluding hydrogens is 492 g/mol. The van der Waals surface area contributed by atoms with Gasteiger partial charge in [-0.05, 0) is 72.3 Å². The Bertz CT molecular complexity index is 1080. The largest absolute Gasteiger partial charge is 0.462 e. The smallest absolute Gasteiger partial charge is 0.335 e. The van der Waals surface area contributed by atoms with Crippen molar-refractivity contribution in [3.8, 4) is 11.1 Å². The van der Waals surface area contributed by atoms with Crippen molar-refractivity contribution in [2.45, 2.75) is 52.4 Å². The highest BCUT2D eigenvalue weighted by molar-refractivity contribution is 5.88. The summed E-state index contributed by atoms with van der Waals surface area (Å²) >= 11 is 0. The fourth-order valence-electron chi connectivity index (χ4n) is 4.14. The topological polar surface area (TPSA) is 71.1 Å². The number of hydrogen-bond donors (Lipinski definition) is 0. The third-order valence-corrected chi connectivity index (χ3v) is 6.33. The molecule has 0 aliphatic carbocycles. The van der Waals surface area contributed by atoms with Crippen LogP contribution in [0.4, 0.5) is 0 Å². The third-order valence-electron chi connectivity index (χ3n) is 6.33. The van der Waals surface area contributed by atoms with Crippen molar-refractivity contribution in [2.24, 2.45) is 5.92 Å². The maximum absolute atomic E-state index is 11.9. The second kappa shape index (κ2) is 17.4. The molecule has 2 rings (SSSR count). The second-order valence-corrected chi connectivity index (χ2v) is 10.2. The first-order chi connectivity index (χ1) is 18.7. The van der Waals surface area contributed by atoms with E-state index in [4.69, 9.17) is 18.9 Å². The van der Waals surface area contributed by atoms with Crippen LogP contribution < -0.4 is 0 Å². The van der Waals surface area contributed by atoms with Gasteiger partial charge < -0.3 is 18.9 Å². The zero-order valence-electron chi connectivity index (χ0n) is 24.1. The molecule has 39 heavy (non-hydrogen) atoms. The Morgan fingerprint density at radius 1 is 0.744 bits per heavy atom. The van der Waals surface area contributed by atoms with E-state index in [9.17, 15) is 9.59 Å². The molecule has 6 heteroatoms. The van der Waals surface area contributed by atoms with Gasteiger partial charge in [-0.3, -0.25) is 0 Å². The van der Waals surface area contributed by atoms with Crippen LogP contribution in [0.25, 0.3) is 11.1 Å². The van der Waals surface area contributed by atoms with Gasteiger partial charge in [0.15, 0.2) is 0 Å². The van der Waals surface area contributed by atoms with E-state index < -0.39 is 11.9 Å². The maximum Gasteiger partial charge on any atom is 0.335 e.